The molecule has 0 nitrogen and oxygen atoms in total. The van der Waals surface area contributed by atoms with Gasteiger partial charge < -0.3 is 0 Å². The molecule has 5 fully saturated rings. The van der Waals surface area contributed by atoms with Gasteiger partial charge in [0.2, 0.25) is 0 Å². The van der Waals surface area contributed by atoms with Crippen molar-refractivity contribution in [2.24, 2.45) is 34.5 Å². The van der Waals surface area contributed by atoms with Crippen LogP contribution in [0.3, 0.4) is 0 Å². The fraction of sp³-hybridized carbons (Fsp3) is 1.00. The standard InChI is InChI=1S/C27H48/c1-3-5-6-22-7-9-23(10-8-22)24-11-13-25(14-12-24)27-19-16-26(15-4-2,17-20-27)18-21-27/h22-25H,3-21H2,1-2H3/t22-,23-,24-,25-,26?,27?. The topological polar surface area (TPSA) is 0 Å². The van der Waals surface area contributed by atoms with E-state index in [1.165, 1.54) is 32.1 Å². The first kappa shape index (κ1) is 20.3. The van der Waals surface area contributed by atoms with Crippen LogP contribution >= 0.6 is 0 Å². The number of fused-ring (bicyclic) bond motifs is 3. The fourth-order valence-electron chi connectivity index (χ4n) is 8.45. The van der Waals surface area contributed by atoms with E-state index in [9.17, 15) is 0 Å². The Bertz CT molecular complexity index is 422. The third-order valence-corrected chi connectivity index (χ3v) is 10.4. The molecular weight excluding hydrogens is 324 g/mol. The molecule has 0 heteroatoms. The van der Waals surface area contributed by atoms with Crippen LogP contribution in [0.15, 0.2) is 0 Å². The molecular formula is C27H48. The van der Waals surface area contributed by atoms with Crippen molar-refractivity contribution in [3.63, 3.8) is 0 Å². The van der Waals surface area contributed by atoms with E-state index in [4.69, 9.17) is 0 Å². The molecule has 0 aliphatic heterocycles. The molecule has 0 spiro atoms. The Hall–Kier alpha value is 0. The number of unbranched alkanes of at least 4 members (excludes halogenated alkanes) is 1. The van der Waals surface area contributed by atoms with Gasteiger partial charge in [0.25, 0.3) is 0 Å². The van der Waals surface area contributed by atoms with Crippen molar-refractivity contribution in [1.29, 1.82) is 0 Å². The second-order valence-electron chi connectivity index (χ2n) is 11.6. The van der Waals surface area contributed by atoms with Crippen LogP contribution in [0, 0.1) is 34.5 Å². The quantitative estimate of drug-likeness (QED) is 0.418. The monoisotopic (exact) mass is 372 g/mol. The lowest BCUT2D eigenvalue weighted by molar-refractivity contribution is -0.0674. The molecule has 0 aromatic heterocycles. The fourth-order valence-corrected chi connectivity index (χ4v) is 8.45. The van der Waals surface area contributed by atoms with Crippen molar-refractivity contribution in [2.45, 2.75) is 136 Å². The van der Waals surface area contributed by atoms with Crippen LogP contribution in [0.25, 0.3) is 0 Å². The van der Waals surface area contributed by atoms with Gasteiger partial charge in [-0.3, -0.25) is 0 Å². The summed E-state index contributed by atoms with van der Waals surface area (Å²) in [6.45, 7) is 4.76. The van der Waals surface area contributed by atoms with Crippen molar-refractivity contribution in [3.8, 4) is 0 Å². The Kier molecular flexibility index (Phi) is 6.60. The molecule has 0 heterocycles. The van der Waals surface area contributed by atoms with Crippen LogP contribution in [-0.4, -0.2) is 0 Å². The normalized spacial score (nSPS) is 45.1. The van der Waals surface area contributed by atoms with Crippen LogP contribution in [-0.2, 0) is 0 Å². The van der Waals surface area contributed by atoms with Crippen molar-refractivity contribution in [2.75, 3.05) is 0 Å². The molecule has 156 valence electrons. The molecule has 5 rings (SSSR count). The second-order valence-corrected chi connectivity index (χ2v) is 11.6. The first-order chi connectivity index (χ1) is 13.2. The Morgan fingerprint density at radius 3 is 1.70 bits per heavy atom. The molecule has 2 bridgehead atoms. The van der Waals surface area contributed by atoms with E-state index in [1.54, 1.807) is 89.9 Å². The predicted octanol–water partition coefficient (Wildman–Crippen LogP) is 8.93. The van der Waals surface area contributed by atoms with Gasteiger partial charge in [0.05, 0.1) is 0 Å². The molecule has 0 aromatic rings. The third kappa shape index (κ3) is 4.30. The van der Waals surface area contributed by atoms with Crippen LogP contribution < -0.4 is 0 Å². The van der Waals surface area contributed by atoms with Gasteiger partial charge in [-0.2, -0.15) is 0 Å². The molecule has 5 aliphatic carbocycles. The Morgan fingerprint density at radius 1 is 0.630 bits per heavy atom. The number of rotatable bonds is 7. The molecule has 0 atom stereocenters. The van der Waals surface area contributed by atoms with Crippen molar-refractivity contribution >= 4 is 0 Å². The maximum atomic E-state index is 2.41. The van der Waals surface area contributed by atoms with E-state index in [0.29, 0.717) is 0 Å². The molecule has 0 N–H and O–H groups in total. The maximum absolute atomic E-state index is 2.41. The van der Waals surface area contributed by atoms with Crippen LogP contribution in [0.1, 0.15) is 136 Å². The van der Waals surface area contributed by atoms with Crippen molar-refractivity contribution < 1.29 is 0 Å². The highest BCUT2D eigenvalue weighted by Crippen LogP contribution is 2.63. The lowest BCUT2D eigenvalue weighted by atomic mass is 9.47. The summed E-state index contributed by atoms with van der Waals surface area (Å²) in [5.74, 6) is 4.41. The zero-order chi connectivity index (χ0) is 18.7. The second kappa shape index (κ2) is 8.79. The molecule has 0 aromatic carbocycles. The highest BCUT2D eigenvalue weighted by atomic mass is 14.6. The SMILES string of the molecule is CCCC[C@H]1CC[C@H]([C@H]2CC[C@H](C34CCC(CCC)(CC3)CC4)CC2)CC1. The first-order valence-corrected chi connectivity index (χ1v) is 13.2. The molecule has 0 radical (unpaired) electrons. The minimum Gasteiger partial charge on any atom is -0.0654 e. The predicted molar refractivity (Wildman–Crippen MR) is 118 cm³/mol. The lowest BCUT2D eigenvalue weighted by Crippen LogP contribution is -2.46. The van der Waals surface area contributed by atoms with Gasteiger partial charge in [0.15, 0.2) is 0 Å². The van der Waals surface area contributed by atoms with Gasteiger partial charge in [-0.05, 0) is 118 Å². The summed E-state index contributed by atoms with van der Waals surface area (Å²) in [4.78, 5) is 0. The van der Waals surface area contributed by atoms with Gasteiger partial charge in [-0.1, -0.05) is 52.4 Å². The zero-order valence-corrected chi connectivity index (χ0v) is 18.7. The summed E-state index contributed by atoms with van der Waals surface area (Å²) in [5, 5.41) is 0. The summed E-state index contributed by atoms with van der Waals surface area (Å²) in [6, 6.07) is 0. The number of hydrogen-bond donors (Lipinski definition) is 0. The van der Waals surface area contributed by atoms with E-state index in [-0.39, 0.29) is 0 Å². The van der Waals surface area contributed by atoms with Gasteiger partial charge in [0.1, 0.15) is 0 Å². The average Bonchev–Trinajstić information content (AvgIpc) is 2.74. The summed E-state index contributed by atoms with van der Waals surface area (Å²) in [6.07, 6.45) is 29.6. The largest absolute Gasteiger partial charge is 0.0654 e. The molecule has 5 saturated carbocycles. The van der Waals surface area contributed by atoms with Crippen LogP contribution in [0.5, 0.6) is 0 Å². The minimum atomic E-state index is 0.796. The average molecular weight is 373 g/mol. The van der Waals surface area contributed by atoms with Crippen LogP contribution in [0.4, 0.5) is 0 Å². The maximum Gasteiger partial charge on any atom is -0.0269 e. The smallest absolute Gasteiger partial charge is 0.0269 e. The molecule has 0 unspecified atom stereocenters. The van der Waals surface area contributed by atoms with Crippen molar-refractivity contribution in [3.05, 3.63) is 0 Å². The van der Waals surface area contributed by atoms with E-state index < -0.39 is 0 Å². The van der Waals surface area contributed by atoms with Crippen LogP contribution in [0.2, 0.25) is 0 Å². The number of hydrogen-bond acceptors (Lipinski definition) is 0. The van der Waals surface area contributed by atoms with Gasteiger partial charge in [0, 0.05) is 0 Å². The van der Waals surface area contributed by atoms with E-state index >= 15 is 0 Å². The Morgan fingerprint density at radius 2 is 1.19 bits per heavy atom. The lowest BCUT2D eigenvalue weighted by Gasteiger charge is -2.58. The van der Waals surface area contributed by atoms with Gasteiger partial charge in [-0.25, -0.2) is 0 Å². The Labute approximate surface area is 170 Å². The highest BCUT2D eigenvalue weighted by molar-refractivity contribution is 5.02. The van der Waals surface area contributed by atoms with Gasteiger partial charge in [-0.15, -0.1) is 0 Å². The van der Waals surface area contributed by atoms with E-state index in [0.717, 1.165) is 34.5 Å². The third-order valence-electron chi connectivity index (χ3n) is 10.4. The summed E-state index contributed by atoms with van der Waals surface area (Å²) in [7, 11) is 0. The van der Waals surface area contributed by atoms with Crippen molar-refractivity contribution in [1.82, 2.24) is 0 Å². The molecule has 27 heavy (non-hydrogen) atoms. The van der Waals surface area contributed by atoms with E-state index in [2.05, 4.69) is 13.8 Å². The minimum absolute atomic E-state index is 0.796. The van der Waals surface area contributed by atoms with Gasteiger partial charge >= 0.3 is 0 Å². The summed E-state index contributed by atoms with van der Waals surface area (Å²) < 4.78 is 0. The molecule has 5 aliphatic rings. The highest BCUT2D eigenvalue weighted by Gasteiger charge is 2.51. The Balaban J connectivity index is 1.23. The zero-order valence-electron chi connectivity index (χ0n) is 18.7. The first-order valence-electron chi connectivity index (χ1n) is 13.2. The summed E-state index contributed by atoms with van der Waals surface area (Å²) in [5.41, 5.74) is 1.60. The molecule has 0 saturated heterocycles. The molecule has 0 amide bonds. The van der Waals surface area contributed by atoms with E-state index in [1.807, 2.05) is 0 Å². The summed E-state index contributed by atoms with van der Waals surface area (Å²) >= 11 is 0.